The quantitative estimate of drug-likeness (QED) is 0.751. The second kappa shape index (κ2) is 7.17. The Balaban J connectivity index is 2.88. The molecular weight excluding hydrogens is 222 g/mol. The first-order chi connectivity index (χ1) is 8.54. The minimum absolute atomic E-state index is 0.488. The van der Waals surface area contributed by atoms with E-state index in [0.717, 1.165) is 19.6 Å². The predicted octanol–water partition coefficient (Wildman–Crippen LogP) is 2.98. The van der Waals surface area contributed by atoms with Crippen molar-refractivity contribution in [3.05, 3.63) is 36.2 Å². The third kappa shape index (κ3) is 4.49. The van der Waals surface area contributed by atoms with Crippen molar-refractivity contribution < 1.29 is 0 Å². The summed E-state index contributed by atoms with van der Waals surface area (Å²) in [5.74, 6) is 0. The molecule has 1 aromatic rings. The second-order valence-electron chi connectivity index (χ2n) is 5.01. The van der Waals surface area contributed by atoms with Crippen molar-refractivity contribution in [2.45, 2.75) is 40.3 Å². The highest BCUT2D eigenvalue weighted by molar-refractivity contribution is 5.52. The van der Waals surface area contributed by atoms with Crippen LogP contribution in [0.2, 0.25) is 0 Å². The average Bonchev–Trinajstić information content (AvgIpc) is 2.33. The highest BCUT2D eigenvalue weighted by Crippen LogP contribution is 2.19. The van der Waals surface area contributed by atoms with E-state index in [-0.39, 0.29) is 0 Å². The van der Waals surface area contributed by atoms with Gasteiger partial charge in [-0.3, -0.25) is 4.98 Å². The van der Waals surface area contributed by atoms with E-state index in [1.54, 1.807) is 0 Å². The Bertz CT molecular complexity index is 385. The van der Waals surface area contributed by atoms with Crippen molar-refractivity contribution in [3.8, 4) is 0 Å². The smallest absolute Gasteiger partial charge is 0.0601 e. The van der Waals surface area contributed by atoms with Crippen molar-refractivity contribution in [3.63, 3.8) is 0 Å². The maximum absolute atomic E-state index is 4.25. The fraction of sp³-hybridized carbons (Fsp3) is 0.533. The molecule has 0 aliphatic rings. The summed E-state index contributed by atoms with van der Waals surface area (Å²) in [6.07, 6.45) is 3.80. The molecule has 18 heavy (non-hydrogen) atoms. The molecule has 0 aliphatic heterocycles. The molecular formula is C15H25N3. The Morgan fingerprint density at radius 1 is 1.50 bits per heavy atom. The minimum Gasteiger partial charge on any atom is -0.366 e. The first-order valence-corrected chi connectivity index (χ1v) is 6.60. The Morgan fingerprint density at radius 3 is 2.78 bits per heavy atom. The highest BCUT2D eigenvalue weighted by atomic mass is 15.1. The third-order valence-electron chi connectivity index (χ3n) is 2.77. The van der Waals surface area contributed by atoms with Crippen LogP contribution < -0.4 is 10.2 Å². The summed E-state index contributed by atoms with van der Waals surface area (Å²) >= 11 is 0. The van der Waals surface area contributed by atoms with Crippen LogP contribution >= 0.6 is 0 Å². The van der Waals surface area contributed by atoms with Gasteiger partial charge in [0.25, 0.3) is 0 Å². The predicted molar refractivity (Wildman–Crippen MR) is 78.9 cm³/mol. The molecule has 0 bridgehead atoms. The second-order valence-corrected chi connectivity index (χ2v) is 5.01. The lowest BCUT2D eigenvalue weighted by Gasteiger charge is -2.25. The van der Waals surface area contributed by atoms with Crippen LogP contribution in [0, 0.1) is 0 Å². The maximum atomic E-state index is 4.25. The Morgan fingerprint density at radius 2 is 2.22 bits per heavy atom. The van der Waals surface area contributed by atoms with Crippen LogP contribution in [0.1, 0.15) is 33.3 Å². The standard InChI is InChI=1S/C15H25N3/c1-6-18(11-12(2)3)15-10-16-8-7-14(15)9-17-13(4)5/h7-8,10,13,17H,2,6,9,11H2,1,3-5H3. The molecule has 0 unspecified atom stereocenters. The summed E-state index contributed by atoms with van der Waals surface area (Å²) in [4.78, 5) is 6.56. The number of rotatable bonds is 7. The van der Waals surface area contributed by atoms with Gasteiger partial charge in [0.1, 0.15) is 0 Å². The van der Waals surface area contributed by atoms with Crippen LogP contribution in [-0.2, 0) is 6.54 Å². The molecule has 3 nitrogen and oxygen atoms in total. The lowest BCUT2D eigenvalue weighted by Crippen LogP contribution is -2.28. The number of aromatic nitrogens is 1. The zero-order valence-electron chi connectivity index (χ0n) is 12.0. The van der Waals surface area contributed by atoms with E-state index in [0.29, 0.717) is 6.04 Å². The van der Waals surface area contributed by atoms with E-state index in [9.17, 15) is 0 Å². The van der Waals surface area contributed by atoms with Gasteiger partial charge >= 0.3 is 0 Å². The monoisotopic (exact) mass is 247 g/mol. The molecule has 0 aliphatic carbocycles. The first kappa shape index (κ1) is 14.7. The maximum Gasteiger partial charge on any atom is 0.0601 e. The zero-order chi connectivity index (χ0) is 13.5. The number of pyridine rings is 1. The number of nitrogens with one attached hydrogen (secondary N) is 1. The van der Waals surface area contributed by atoms with Gasteiger partial charge in [-0.2, -0.15) is 0 Å². The molecule has 1 aromatic heterocycles. The van der Waals surface area contributed by atoms with Crippen molar-refractivity contribution in [1.29, 1.82) is 0 Å². The van der Waals surface area contributed by atoms with E-state index < -0.39 is 0 Å². The van der Waals surface area contributed by atoms with Crippen molar-refractivity contribution in [2.75, 3.05) is 18.0 Å². The normalized spacial score (nSPS) is 10.7. The van der Waals surface area contributed by atoms with Gasteiger partial charge in [-0.1, -0.05) is 26.0 Å². The van der Waals surface area contributed by atoms with Crippen LogP contribution in [0.5, 0.6) is 0 Å². The molecule has 0 saturated carbocycles. The van der Waals surface area contributed by atoms with Gasteiger partial charge in [-0.15, -0.1) is 0 Å². The largest absolute Gasteiger partial charge is 0.366 e. The number of nitrogens with zero attached hydrogens (tertiary/aromatic N) is 2. The van der Waals surface area contributed by atoms with Gasteiger partial charge in [-0.25, -0.2) is 0 Å². The summed E-state index contributed by atoms with van der Waals surface area (Å²) in [7, 11) is 0. The molecule has 1 rings (SSSR count). The number of hydrogen-bond acceptors (Lipinski definition) is 3. The molecule has 0 amide bonds. The fourth-order valence-corrected chi connectivity index (χ4v) is 1.86. The lowest BCUT2D eigenvalue weighted by molar-refractivity contribution is 0.587. The summed E-state index contributed by atoms with van der Waals surface area (Å²) in [6, 6.07) is 2.58. The van der Waals surface area contributed by atoms with Gasteiger partial charge in [-0.05, 0) is 25.5 Å². The first-order valence-electron chi connectivity index (χ1n) is 6.60. The Hall–Kier alpha value is -1.35. The average molecular weight is 247 g/mol. The molecule has 1 heterocycles. The van der Waals surface area contributed by atoms with E-state index in [2.05, 4.69) is 55.5 Å². The van der Waals surface area contributed by atoms with Crippen LogP contribution in [0.3, 0.4) is 0 Å². The molecule has 0 radical (unpaired) electrons. The van der Waals surface area contributed by atoms with Gasteiger partial charge in [0.05, 0.1) is 11.9 Å². The molecule has 0 saturated heterocycles. The van der Waals surface area contributed by atoms with E-state index in [1.807, 2.05) is 12.4 Å². The summed E-state index contributed by atoms with van der Waals surface area (Å²) in [5.41, 5.74) is 3.67. The van der Waals surface area contributed by atoms with Crippen molar-refractivity contribution in [1.82, 2.24) is 10.3 Å². The molecule has 1 N–H and O–H groups in total. The molecule has 3 heteroatoms. The number of hydrogen-bond donors (Lipinski definition) is 1. The van der Waals surface area contributed by atoms with Crippen LogP contribution in [-0.4, -0.2) is 24.1 Å². The minimum atomic E-state index is 0.488. The zero-order valence-corrected chi connectivity index (χ0v) is 12.0. The topological polar surface area (TPSA) is 28.2 Å². The van der Waals surface area contributed by atoms with E-state index in [4.69, 9.17) is 0 Å². The van der Waals surface area contributed by atoms with Crippen LogP contribution in [0.15, 0.2) is 30.6 Å². The number of anilines is 1. The van der Waals surface area contributed by atoms with Crippen LogP contribution in [0.25, 0.3) is 0 Å². The van der Waals surface area contributed by atoms with Gasteiger partial charge < -0.3 is 10.2 Å². The number of likely N-dealkylation sites (N-methyl/N-ethyl adjacent to an activating group) is 1. The molecule has 0 spiro atoms. The molecule has 100 valence electrons. The molecule has 0 fully saturated rings. The van der Waals surface area contributed by atoms with Crippen molar-refractivity contribution >= 4 is 5.69 Å². The Kier molecular flexibility index (Phi) is 5.86. The molecule has 0 aromatic carbocycles. The van der Waals surface area contributed by atoms with E-state index in [1.165, 1.54) is 16.8 Å². The molecule has 0 atom stereocenters. The summed E-state index contributed by atoms with van der Waals surface area (Å²) in [5, 5.41) is 3.46. The lowest BCUT2D eigenvalue weighted by atomic mass is 10.1. The Labute approximate surface area is 111 Å². The SMILES string of the molecule is C=C(C)CN(CC)c1cnccc1CNC(C)C. The summed E-state index contributed by atoms with van der Waals surface area (Å²) in [6.45, 7) is 15.3. The van der Waals surface area contributed by atoms with Crippen molar-refractivity contribution in [2.24, 2.45) is 0 Å². The fourth-order valence-electron chi connectivity index (χ4n) is 1.86. The van der Waals surface area contributed by atoms with Gasteiger partial charge in [0.2, 0.25) is 0 Å². The van der Waals surface area contributed by atoms with Gasteiger partial charge in [0, 0.05) is 31.9 Å². The van der Waals surface area contributed by atoms with E-state index >= 15 is 0 Å². The third-order valence-corrected chi connectivity index (χ3v) is 2.77. The van der Waals surface area contributed by atoms with Crippen LogP contribution in [0.4, 0.5) is 5.69 Å². The summed E-state index contributed by atoms with van der Waals surface area (Å²) < 4.78 is 0. The van der Waals surface area contributed by atoms with Gasteiger partial charge in [0.15, 0.2) is 0 Å². The highest BCUT2D eigenvalue weighted by Gasteiger charge is 2.10.